The first-order valence-corrected chi connectivity index (χ1v) is 9.85. The monoisotopic (exact) mass is 422 g/mol. The number of anilines is 3. The van der Waals surface area contributed by atoms with Gasteiger partial charge in [0, 0.05) is 6.54 Å². The highest BCUT2D eigenvalue weighted by molar-refractivity contribution is 7.22. The highest BCUT2D eigenvalue weighted by Crippen LogP contribution is 2.35. The maximum atomic E-state index is 11.8. The number of methoxy groups -OCH3 is 1. The van der Waals surface area contributed by atoms with Gasteiger partial charge in [0.1, 0.15) is 12.1 Å². The molecule has 0 fully saturated rings. The highest BCUT2D eigenvalue weighted by atomic mass is 32.1. The number of fused-ring (bicyclic) bond motifs is 1. The van der Waals surface area contributed by atoms with Crippen molar-refractivity contribution in [3.05, 3.63) is 70.0 Å². The Labute approximate surface area is 175 Å². The highest BCUT2D eigenvalue weighted by Gasteiger charge is 2.24. The summed E-state index contributed by atoms with van der Waals surface area (Å²) in [6.45, 7) is 2.40. The van der Waals surface area contributed by atoms with E-state index in [4.69, 9.17) is 4.74 Å². The van der Waals surface area contributed by atoms with Gasteiger partial charge in [0.2, 0.25) is 11.6 Å². The van der Waals surface area contributed by atoms with E-state index in [1.165, 1.54) is 17.7 Å². The third-order valence-corrected chi connectivity index (χ3v) is 5.34. The van der Waals surface area contributed by atoms with Crippen LogP contribution in [-0.2, 0) is 6.54 Å². The molecule has 2 N–H and O–H groups in total. The topological polar surface area (TPSA) is 115 Å². The molecule has 0 aliphatic rings. The van der Waals surface area contributed by atoms with Crippen LogP contribution >= 0.6 is 11.3 Å². The van der Waals surface area contributed by atoms with Crippen LogP contribution in [0, 0.1) is 17.0 Å². The third-order valence-electron chi connectivity index (χ3n) is 4.41. The Kier molecular flexibility index (Phi) is 5.40. The fraction of sp³-hybridized carbons (Fsp3) is 0.150. The Balaban J connectivity index is 1.60. The Morgan fingerprint density at radius 1 is 1.13 bits per heavy atom. The molecule has 0 unspecified atom stereocenters. The third kappa shape index (κ3) is 4.13. The lowest BCUT2D eigenvalue weighted by molar-refractivity contribution is -0.383. The number of nitrogens with zero attached hydrogens (tertiary/aromatic N) is 4. The molecule has 0 bridgehead atoms. The van der Waals surface area contributed by atoms with Gasteiger partial charge in [0.15, 0.2) is 5.13 Å². The van der Waals surface area contributed by atoms with Crippen molar-refractivity contribution >= 4 is 44.0 Å². The van der Waals surface area contributed by atoms with Crippen molar-refractivity contribution in [2.75, 3.05) is 17.7 Å². The number of aromatic nitrogens is 3. The summed E-state index contributed by atoms with van der Waals surface area (Å²) in [5.41, 5.74) is 2.66. The van der Waals surface area contributed by atoms with Crippen LogP contribution in [-0.4, -0.2) is 27.0 Å². The van der Waals surface area contributed by atoms with E-state index < -0.39 is 4.92 Å². The standard InChI is InChI=1S/C20H18N6O3S/c1-12-3-5-13(6-4-12)10-21-18-17(26(27)28)19(23-11-22-18)25-20-24-15-8-7-14(29-2)9-16(15)30-20/h3-9,11H,10H2,1-2H3,(H2,21,22,23,24,25). The second-order valence-electron chi connectivity index (χ2n) is 6.49. The summed E-state index contributed by atoms with van der Waals surface area (Å²) in [5, 5.41) is 18.2. The summed E-state index contributed by atoms with van der Waals surface area (Å²) < 4.78 is 6.12. The van der Waals surface area contributed by atoms with Crippen LogP contribution in [0.15, 0.2) is 48.8 Å². The van der Waals surface area contributed by atoms with Crippen LogP contribution in [0.1, 0.15) is 11.1 Å². The van der Waals surface area contributed by atoms with Crippen molar-refractivity contribution in [3.63, 3.8) is 0 Å². The van der Waals surface area contributed by atoms with Gasteiger partial charge in [0.25, 0.3) is 0 Å². The molecule has 0 aliphatic carbocycles. The predicted octanol–water partition coefficient (Wildman–Crippen LogP) is 4.67. The largest absolute Gasteiger partial charge is 0.497 e. The molecule has 0 spiro atoms. The molecule has 0 radical (unpaired) electrons. The number of benzene rings is 2. The van der Waals surface area contributed by atoms with Gasteiger partial charge in [-0.25, -0.2) is 15.0 Å². The quantitative estimate of drug-likeness (QED) is 0.326. The molecular weight excluding hydrogens is 404 g/mol. The molecule has 30 heavy (non-hydrogen) atoms. The van der Waals surface area contributed by atoms with Crippen molar-refractivity contribution < 1.29 is 9.66 Å². The zero-order valence-electron chi connectivity index (χ0n) is 16.2. The second kappa shape index (κ2) is 8.29. The molecule has 4 aromatic rings. The Bertz CT molecular complexity index is 1210. The lowest BCUT2D eigenvalue weighted by Crippen LogP contribution is -2.08. The number of thiazole rings is 1. The number of rotatable bonds is 7. The number of hydrogen-bond acceptors (Lipinski definition) is 9. The van der Waals surface area contributed by atoms with Crippen molar-refractivity contribution in [2.45, 2.75) is 13.5 Å². The normalized spacial score (nSPS) is 10.7. The molecule has 4 rings (SSSR count). The van der Waals surface area contributed by atoms with Crippen molar-refractivity contribution in [2.24, 2.45) is 0 Å². The minimum Gasteiger partial charge on any atom is -0.497 e. The minimum atomic E-state index is -0.504. The molecule has 2 heterocycles. The fourth-order valence-corrected chi connectivity index (χ4v) is 3.74. The summed E-state index contributed by atoms with van der Waals surface area (Å²) in [7, 11) is 1.59. The average molecular weight is 422 g/mol. The van der Waals surface area contributed by atoms with E-state index in [2.05, 4.69) is 25.6 Å². The Hall–Kier alpha value is -3.79. The summed E-state index contributed by atoms with van der Waals surface area (Å²) in [4.78, 5) is 23.8. The Morgan fingerprint density at radius 3 is 2.63 bits per heavy atom. The maximum Gasteiger partial charge on any atom is 0.353 e. The van der Waals surface area contributed by atoms with E-state index in [1.807, 2.05) is 49.4 Å². The van der Waals surface area contributed by atoms with E-state index in [-0.39, 0.29) is 17.3 Å². The van der Waals surface area contributed by atoms with Gasteiger partial charge in [-0.1, -0.05) is 41.2 Å². The molecular formula is C20H18N6O3S. The minimum absolute atomic E-state index is 0.0763. The lowest BCUT2D eigenvalue weighted by Gasteiger charge is -2.09. The first-order valence-electron chi connectivity index (χ1n) is 9.04. The SMILES string of the molecule is COc1ccc2nc(Nc3ncnc(NCc4ccc(C)cc4)c3[N+](=O)[O-])sc2c1. The number of nitro groups is 1. The average Bonchev–Trinajstić information content (AvgIpc) is 3.14. The molecule has 0 atom stereocenters. The van der Waals surface area contributed by atoms with Gasteiger partial charge in [-0.3, -0.25) is 10.1 Å². The number of nitrogens with one attached hydrogen (secondary N) is 2. The Morgan fingerprint density at radius 2 is 1.90 bits per heavy atom. The fourth-order valence-electron chi connectivity index (χ4n) is 2.85. The molecule has 0 aliphatic heterocycles. The molecule has 0 saturated carbocycles. The lowest BCUT2D eigenvalue weighted by atomic mass is 10.1. The van der Waals surface area contributed by atoms with E-state index in [0.29, 0.717) is 17.4 Å². The van der Waals surface area contributed by atoms with Gasteiger partial charge < -0.3 is 15.4 Å². The summed E-state index contributed by atoms with van der Waals surface area (Å²) in [6.07, 6.45) is 1.28. The van der Waals surface area contributed by atoms with Crippen LogP contribution in [0.3, 0.4) is 0 Å². The van der Waals surface area contributed by atoms with Crippen molar-refractivity contribution in [1.82, 2.24) is 15.0 Å². The number of hydrogen-bond donors (Lipinski definition) is 2. The molecule has 0 saturated heterocycles. The van der Waals surface area contributed by atoms with Crippen LogP contribution in [0.4, 0.5) is 22.5 Å². The van der Waals surface area contributed by atoms with E-state index >= 15 is 0 Å². The maximum absolute atomic E-state index is 11.8. The van der Waals surface area contributed by atoms with Gasteiger partial charge in [-0.15, -0.1) is 0 Å². The predicted molar refractivity (Wildman–Crippen MR) is 117 cm³/mol. The summed E-state index contributed by atoms with van der Waals surface area (Å²) in [5.74, 6) is 0.932. The molecule has 9 nitrogen and oxygen atoms in total. The molecule has 152 valence electrons. The van der Waals surface area contributed by atoms with E-state index in [9.17, 15) is 10.1 Å². The van der Waals surface area contributed by atoms with Crippen molar-refractivity contribution in [1.29, 1.82) is 0 Å². The summed E-state index contributed by atoms with van der Waals surface area (Å²) >= 11 is 1.35. The van der Waals surface area contributed by atoms with Crippen LogP contribution in [0.25, 0.3) is 10.2 Å². The smallest absolute Gasteiger partial charge is 0.353 e. The zero-order chi connectivity index (χ0) is 21.1. The van der Waals surface area contributed by atoms with Gasteiger partial charge in [-0.05, 0) is 30.7 Å². The molecule has 2 aromatic heterocycles. The van der Waals surface area contributed by atoms with Gasteiger partial charge >= 0.3 is 5.69 Å². The second-order valence-corrected chi connectivity index (χ2v) is 7.52. The number of ether oxygens (including phenoxy) is 1. The van der Waals surface area contributed by atoms with Gasteiger partial charge in [-0.2, -0.15) is 0 Å². The zero-order valence-corrected chi connectivity index (χ0v) is 17.1. The van der Waals surface area contributed by atoms with E-state index in [0.717, 1.165) is 21.3 Å². The number of aryl methyl sites for hydroxylation is 1. The van der Waals surface area contributed by atoms with Gasteiger partial charge in [0.05, 0.1) is 22.2 Å². The van der Waals surface area contributed by atoms with Crippen molar-refractivity contribution in [3.8, 4) is 5.75 Å². The molecule has 10 heteroatoms. The molecule has 2 aromatic carbocycles. The first kappa shape index (κ1) is 19.5. The summed E-state index contributed by atoms with van der Waals surface area (Å²) in [6, 6.07) is 13.4. The van der Waals surface area contributed by atoms with Crippen LogP contribution < -0.4 is 15.4 Å². The van der Waals surface area contributed by atoms with Crippen LogP contribution in [0.5, 0.6) is 5.75 Å². The first-order chi connectivity index (χ1) is 14.5. The van der Waals surface area contributed by atoms with Crippen LogP contribution in [0.2, 0.25) is 0 Å². The van der Waals surface area contributed by atoms with E-state index in [1.54, 1.807) is 7.11 Å². The molecule has 0 amide bonds.